The molecule has 0 N–H and O–H groups in total. The molecule has 1 aromatic carbocycles. The standard InChI is InChI=1S/C19H31N3O/c1-16-4-5-18(14-19(16)23-3)22-12-10-21(11-13-22)15-17-6-8-20(2)9-7-17/h4-5,14,17H,6-13,15H2,1-3H3. The van der Waals surface area contributed by atoms with Gasteiger partial charge in [0, 0.05) is 44.5 Å². The fourth-order valence-corrected chi connectivity index (χ4v) is 3.80. The zero-order valence-corrected chi connectivity index (χ0v) is 14.9. The summed E-state index contributed by atoms with van der Waals surface area (Å²) in [6.45, 7) is 10.5. The van der Waals surface area contributed by atoms with Crippen LogP contribution in [0.2, 0.25) is 0 Å². The SMILES string of the molecule is COc1cc(N2CCN(CC3CCN(C)CC3)CC2)ccc1C. The van der Waals surface area contributed by atoms with Crippen molar-refractivity contribution in [2.75, 3.05) is 64.9 Å². The summed E-state index contributed by atoms with van der Waals surface area (Å²) in [5.74, 6) is 1.90. The highest BCUT2D eigenvalue weighted by atomic mass is 16.5. The number of hydrogen-bond donors (Lipinski definition) is 0. The molecule has 2 heterocycles. The van der Waals surface area contributed by atoms with Crippen LogP contribution in [0.1, 0.15) is 18.4 Å². The fourth-order valence-electron chi connectivity index (χ4n) is 3.80. The van der Waals surface area contributed by atoms with Crippen molar-refractivity contribution in [3.63, 3.8) is 0 Å². The summed E-state index contributed by atoms with van der Waals surface area (Å²) < 4.78 is 5.47. The number of piperazine rings is 1. The topological polar surface area (TPSA) is 19.0 Å². The molecule has 0 saturated carbocycles. The van der Waals surface area contributed by atoms with E-state index in [-0.39, 0.29) is 0 Å². The van der Waals surface area contributed by atoms with Crippen LogP contribution < -0.4 is 9.64 Å². The molecule has 0 aromatic heterocycles. The molecule has 4 nitrogen and oxygen atoms in total. The normalized spacial score (nSPS) is 21.6. The first-order valence-electron chi connectivity index (χ1n) is 8.96. The minimum absolute atomic E-state index is 0.900. The molecule has 0 radical (unpaired) electrons. The number of likely N-dealkylation sites (tertiary alicyclic amines) is 1. The first-order chi connectivity index (χ1) is 11.2. The first-order valence-corrected chi connectivity index (χ1v) is 8.96. The quantitative estimate of drug-likeness (QED) is 0.849. The van der Waals surface area contributed by atoms with Crippen LogP contribution in [0.3, 0.4) is 0 Å². The number of hydrogen-bond acceptors (Lipinski definition) is 4. The highest BCUT2D eigenvalue weighted by Crippen LogP contribution is 2.26. The molecule has 2 aliphatic heterocycles. The lowest BCUT2D eigenvalue weighted by molar-refractivity contribution is 0.155. The highest BCUT2D eigenvalue weighted by molar-refractivity contribution is 5.53. The molecular weight excluding hydrogens is 286 g/mol. The Bertz CT molecular complexity index is 503. The molecule has 0 atom stereocenters. The third kappa shape index (κ3) is 4.18. The van der Waals surface area contributed by atoms with Gasteiger partial charge in [0.2, 0.25) is 0 Å². The van der Waals surface area contributed by atoms with Gasteiger partial charge >= 0.3 is 0 Å². The van der Waals surface area contributed by atoms with Gasteiger partial charge in [0.05, 0.1) is 7.11 Å². The van der Waals surface area contributed by atoms with Gasteiger partial charge in [-0.1, -0.05) is 6.07 Å². The minimum Gasteiger partial charge on any atom is -0.496 e. The Morgan fingerprint density at radius 1 is 1.04 bits per heavy atom. The Labute approximate surface area is 141 Å². The number of ether oxygens (including phenoxy) is 1. The van der Waals surface area contributed by atoms with Crippen molar-refractivity contribution in [2.45, 2.75) is 19.8 Å². The maximum atomic E-state index is 5.47. The summed E-state index contributed by atoms with van der Waals surface area (Å²) in [6, 6.07) is 6.57. The average molecular weight is 317 g/mol. The maximum Gasteiger partial charge on any atom is 0.123 e. The molecule has 1 aromatic rings. The second kappa shape index (κ2) is 7.54. The lowest BCUT2D eigenvalue weighted by Crippen LogP contribution is -2.48. The number of rotatable bonds is 4. The van der Waals surface area contributed by atoms with Crippen LogP contribution in [0.25, 0.3) is 0 Å². The predicted octanol–water partition coefficient (Wildman–Crippen LogP) is 2.47. The molecule has 23 heavy (non-hydrogen) atoms. The molecule has 0 unspecified atom stereocenters. The van der Waals surface area contributed by atoms with E-state index in [1.165, 1.54) is 56.8 Å². The van der Waals surface area contributed by atoms with Crippen LogP contribution in [0.5, 0.6) is 5.75 Å². The van der Waals surface area contributed by atoms with Crippen molar-refractivity contribution in [1.82, 2.24) is 9.80 Å². The maximum absolute atomic E-state index is 5.47. The van der Waals surface area contributed by atoms with Gasteiger partial charge in [0.25, 0.3) is 0 Å². The van der Waals surface area contributed by atoms with Crippen LogP contribution in [0, 0.1) is 12.8 Å². The molecule has 128 valence electrons. The van der Waals surface area contributed by atoms with Crippen molar-refractivity contribution in [1.29, 1.82) is 0 Å². The predicted molar refractivity (Wildman–Crippen MR) is 96.6 cm³/mol. The van der Waals surface area contributed by atoms with E-state index >= 15 is 0 Å². The van der Waals surface area contributed by atoms with E-state index in [0.29, 0.717) is 0 Å². The molecule has 0 spiro atoms. The van der Waals surface area contributed by atoms with E-state index in [2.05, 4.69) is 46.9 Å². The summed E-state index contributed by atoms with van der Waals surface area (Å²) in [7, 11) is 4.00. The Morgan fingerprint density at radius 2 is 1.74 bits per heavy atom. The van der Waals surface area contributed by atoms with Gasteiger partial charge in [-0.2, -0.15) is 0 Å². The Balaban J connectivity index is 1.50. The van der Waals surface area contributed by atoms with Crippen LogP contribution >= 0.6 is 0 Å². The number of nitrogens with zero attached hydrogens (tertiary/aromatic N) is 3. The van der Waals surface area contributed by atoms with E-state index in [0.717, 1.165) is 24.8 Å². The summed E-state index contributed by atoms with van der Waals surface area (Å²) in [5, 5.41) is 0. The van der Waals surface area contributed by atoms with Gasteiger partial charge in [-0.05, 0) is 57.5 Å². The van der Waals surface area contributed by atoms with Gasteiger partial charge in [0.15, 0.2) is 0 Å². The number of anilines is 1. The van der Waals surface area contributed by atoms with Crippen LogP contribution in [-0.2, 0) is 0 Å². The van der Waals surface area contributed by atoms with E-state index < -0.39 is 0 Å². The first kappa shape index (κ1) is 16.6. The number of aryl methyl sites for hydroxylation is 1. The van der Waals surface area contributed by atoms with Crippen LogP contribution in [-0.4, -0.2) is 69.8 Å². The molecular formula is C19H31N3O. The van der Waals surface area contributed by atoms with Crippen molar-refractivity contribution >= 4 is 5.69 Å². The fraction of sp³-hybridized carbons (Fsp3) is 0.684. The minimum atomic E-state index is 0.900. The Morgan fingerprint density at radius 3 is 2.39 bits per heavy atom. The molecule has 0 bridgehead atoms. The largest absolute Gasteiger partial charge is 0.496 e. The van der Waals surface area contributed by atoms with Crippen LogP contribution in [0.15, 0.2) is 18.2 Å². The number of benzene rings is 1. The van der Waals surface area contributed by atoms with E-state index in [1.807, 2.05) is 0 Å². The molecule has 0 aliphatic carbocycles. The van der Waals surface area contributed by atoms with E-state index in [9.17, 15) is 0 Å². The second-order valence-corrected chi connectivity index (χ2v) is 7.19. The van der Waals surface area contributed by atoms with Crippen molar-refractivity contribution in [3.8, 4) is 5.75 Å². The lowest BCUT2D eigenvalue weighted by atomic mass is 9.96. The molecule has 2 fully saturated rings. The molecule has 4 heteroatoms. The average Bonchev–Trinajstić information content (AvgIpc) is 2.58. The number of methoxy groups -OCH3 is 1. The monoisotopic (exact) mass is 317 g/mol. The van der Waals surface area contributed by atoms with Gasteiger partial charge in [-0.3, -0.25) is 4.90 Å². The van der Waals surface area contributed by atoms with Crippen molar-refractivity contribution in [2.24, 2.45) is 5.92 Å². The van der Waals surface area contributed by atoms with Gasteiger partial charge in [0.1, 0.15) is 5.75 Å². The second-order valence-electron chi connectivity index (χ2n) is 7.19. The zero-order valence-electron chi connectivity index (χ0n) is 14.9. The van der Waals surface area contributed by atoms with Crippen molar-refractivity contribution < 1.29 is 4.74 Å². The van der Waals surface area contributed by atoms with Gasteiger partial charge in [-0.15, -0.1) is 0 Å². The van der Waals surface area contributed by atoms with E-state index in [1.54, 1.807) is 7.11 Å². The molecule has 3 rings (SSSR count). The van der Waals surface area contributed by atoms with E-state index in [4.69, 9.17) is 4.74 Å². The molecule has 2 aliphatic rings. The summed E-state index contributed by atoms with van der Waals surface area (Å²) in [4.78, 5) is 7.62. The zero-order chi connectivity index (χ0) is 16.2. The Kier molecular flexibility index (Phi) is 5.44. The van der Waals surface area contributed by atoms with Gasteiger partial charge in [-0.25, -0.2) is 0 Å². The summed E-state index contributed by atoms with van der Waals surface area (Å²) >= 11 is 0. The number of piperidine rings is 1. The Hall–Kier alpha value is -1.26. The third-order valence-electron chi connectivity index (χ3n) is 5.48. The lowest BCUT2D eigenvalue weighted by Gasteiger charge is -2.39. The molecule has 0 amide bonds. The summed E-state index contributed by atoms with van der Waals surface area (Å²) in [5.41, 5.74) is 2.50. The summed E-state index contributed by atoms with van der Waals surface area (Å²) in [6.07, 6.45) is 2.73. The third-order valence-corrected chi connectivity index (χ3v) is 5.48. The van der Waals surface area contributed by atoms with Crippen LogP contribution in [0.4, 0.5) is 5.69 Å². The van der Waals surface area contributed by atoms with Crippen molar-refractivity contribution in [3.05, 3.63) is 23.8 Å². The van der Waals surface area contributed by atoms with Gasteiger partial charge < -0.3 is 14.5 Å². The highest BCUT2D eigenvalue weighted by Gasteiger charge is 2.23. The molecule has 2 saturated heterocycles. The smallest absolute Gasteiger partial charge is 0.123 e.